The van der Waals surface area contributed by atoms with E-state index in [2.05, 4.69) is 5.32 Å². The number of benzene rings is 2. The van der Waals surface area contributed by atoms with Gasteiger partial charge < -0.3 is 14.8 Å². The van der Waals surface area contributed by atoms with Crippen molar-refractivity contribution in [2.45, 2.75) is 46.1 Å². The molecule has 1 heterocycles. The zero-order valence-corrected chi connectivity index (χ0v) is 20.6. The summed E-state index contributed by atoms with van der Waals surface area (Å²) in [6.45, 7) is 5.51. The first-order valence-electron chi connectivity index (χ1n) is 11.9. The number of rotatable bonds is 11. The Bertz CT molecular complexity index is 1110. The third-order valence-corrected chi connectivity index (χ3v) is 5.54. The van der Waals surface area contributed by atoms with Crippen LogP contribution in [0.5, 0.6) is 0 Å². The van der Waals surface area contributed by atoms with Crippen molar-refractivity contribution in [1.82, 2.24) is 4.90 Å². The fourth-order valence-corrected chi connectivity index (χ4v) is 3.69. The van der Waals surface area contributed by atoms with Gasteiger partial charge in [-0.15, -0.1) is 0 Å². The Morgan fingerprint density at radius 2 is 1.53 bits per heavy atom. The molecule has 0 unspecified atom stereocenters. The Morgan fingerprint density at radius 3 is 2.08 bits per heavy atom. The first-order valence-corrected chi connectivity index (χ1v) is 11.9. The average Bonchev–Trinajstić information content (AvgIpc) is 3.12. The Hall–Kier alpha value is -4.01. The lowest BCUT2D eigenvalue weighted by Gasteiger charge is -2.24. The molecule has 3 rings (SSSR count). The van der Waals surface area contributed by atoms with Gasteiger partial charge in [0.25, 0.3) is 17.7 Å². The van der Waals surface area contributed by atoms with Crippen LogP contribution in [0.2, 0.25) is 0 Å². The van der Waals surface area contributed by atoms with E-state index in [0.717, 1.165) is 11.3 Å². The predicted molar refractivity (Wildman–Crippen MR) is 131 cm³/mol. The Labute approximate surface area is 209 Å². The van der Waals surface area contributed by atoms with Gasteiger partial charge in [0.2, 0.25) is 0 Å². The maximum atomic E-state index is 12.9. The summed E-state index contributed by atoms with van der Waals surface area (Å²) >= 11 is 0. The molecule has 0 fully saturated rings. The summed E-state index contributed by atoms with van der Waals surface area (Å²) in [4.78, 5) is 63.8. The van der Waals surface area contributed by atoms with E-state index in [1.165, 1.54) is 24.3 Å². The fraction of sp³-hybridized carbons (Fsp3) is 0.370. The lowest BCUT2D eigenvalue weighted by Crippen LogP contribution is -2.46. The van der Waals surface area contributed by atoms with Crippen LogP contribution < -0.4 is 5.32 Å². The number of hydrogen-bond donors (Lipinski definition) is 1. The molecule has 9 heteroatoms. The molecule has 1 aliphatic rings. The largest absolute Gasteiger partial charge is 0.462 e. The van der Waals surface area contributed by atoms with Crippen LogP contribution in [-0.2, 0) is 19.1 Å². The van der Waals surface area contributed by atoms with Crippen molar-refractivity contribution >= 4 is 35.3 Å². The first kappa shape index (κ1) is 26.6. The molecule has 2 aromatic carbocycles. The van der Waals surface area contributed by atoms with Gasteiger partial charge in [-0.25, -0.2) is 9.59 Å². The molecule has 0 spiro atoms. The second-order valence-electron chi connectivity index (χ2n) is 8.91. The molecule has 0 bridgehead atoms. The predicted octanol–water partition coefficient (Wildman–Crippen LogP) is 3.84. The van der Waals surface area contributed by atoms with Gasteiger partial charge in [-0.1, -0.05) is 45.7 Å². The summed E-state index contributed by atoms with van der Waals surface area (Å²) in [6.07, 6.45) is 1.57. The molecule has 1 aliphatic heterocycles. The van der Waals surface area contributed by atoms with Crippen molar-refractivity contribution in [3.8, 4) is 0 Å². The summed E-state index contributed by atoms with van der Waals surface area (Å²) in [5.41, 5.74) is 1.23. The molecule has 0 aromatic heterocycles. The normalized spacial score (nSPS) is 13.4. The van der Waals surface area contributed by atoms with E-state index >= 15 is 0 Å². The van der Waals surface area contributed by atoms with Gasteiger partial charge in [-0.3, -0.25) is 19.3 Å². The number of ether oxygens (including phenoxy) is 2. The van der Waals surface area contributed by atoms with Gasteiger partial charge in [-0.2, -0.15) is 0 Å². The summed E-state index contributed by atoms with van der Waals surface area (Å²) in [5.74, 6) is -2.77. The van der Waals surface area contributed by atoms with Crippen LogP contribution in [0.15, 0.2) is 48.5 Å². The molecular weight excluding hydrogens is 464 g/mol. The Morgan fingerprint density at radius 1 is 0.917 bits per heavy atom. The van der Waals surface area contributed by atoms with Crippen molar-refractivity contribution in [3.05, 3.63) is 65.2 Å². The fourth-order valence-electron chi connectivity index (χ4n) is 3.69. The number of nitrogens with zero attached hydrogens (tertiary/aromatic N) is 1. The number of imide groups is 1. The number of carbonyl (C=O) groups is 5. The van der Waals surface area contributed by atoms with Gasteiger partial charge >= 0.3 is 11.9 Å². The maximum Gasteiger partial charge on any atom is 0.338 e. The second-order valence-corrected chi connectivity index (χ2v) is 8.91. The van der Waals surface area contributed by atoms with Gasteiger partial charge in [0.1, 0.15) is 6.04 Å². The topological polar surface area (TPSA) is 119 Å². The molecule has 0 saturated heterocycles. The minimum absolute atomic E-state index is 0.217. The van der Waals surface area contributed by atoms with E-state index in [9.17, 15) is 24.0 Å². The van der Waals surface area contributed by atoms with Crippen molar-refractivity contribution in [1.29, 1.82) is 0 Å². The van der Waals surface area contributed by atoms with E-state index in [1.807, 2.05) is 20.8 Å². The Balaban J connectivity index is 1.58. The molecule has 190 valence electrons. The van der Waals surface area contributed by atoms with Crippen LogP contribution >= 0.6 is 0 Å². The number of esters is 2. The van der Waals surface area contributed by atoms with Crippen molar-refractivity contribution < 1.29 is 33.4 Å². The third-order valence-electron chi connectivity index (χ3n) is 5.54. The van der Waals surface area contributed by atoms with E-state index in [1.54, 1.807) is 24.3 Å². The molecule has 0 saturated carbocycles. The SMILES string of the molecule is CCCC[C@H](C(=O)OCC(=O)Nc1ccc(C(=O)OCC(C)C)cc1)N1C(=O)c2ccccc2C1=O. The minimum atomic E-state index is -1.12. The van der Waals surface area contributed by atoms with Crippen LogP contribution in [0.1, 0.15) is 71.1 Å². The summed E-state index contributed by atoms with van der Waals surface area (Å²) in [6, 6.07) is 11.4. The quantitative estimate of drug-likeness (QED) is 0.372. The van der Waals surface area contributed by atoms with Crippen LogP contribution in [0, 0.1) is 5.92 Å². The van der Waals surface area contributed by atoms with E-state index < -0.39 is 42.3 Å². The maximum absolute atomic E-state index is 12.9. The monoisotopic (exact) mass is 494 g/mol. The number of amides is 3. The van der Waals surface area contributed by atoms with Crippen LogP contribution in [-0.4, -0.2) is 53.8 Å². The standard InChI is InChI=1S/C27H30N2O7/c1-4-5-10-22(29-24(31)20-8-6-7-9-21(20)25(29)32)27(34)36-16-23(30)28-19-13-11-18(12-14-19)26(33)35-15-17(2)3/h6-9,11-14,17,22H,4-5,10,15-16H2,1-3H3,(H,28,30)/t22-/m1/s1. The van der Waals surface area contributed by atoms with Crippen LogP contribution in [0.4, 0.5) is 5.69 Å². The summed E-state index contributed by atoms with van der Waals surface area (Å²) in [5, 5.41) is 2.58. The van der Waals surface area contributed by atoms with Gasteiger partial charge in [0.15, 0.2) is 6.61 Å². The molecule has 1 atom stereocenters. The number of carbonyl (C=O) groups excluding carboxylic acids is 5. The van der Waals surface area contributed by atoms with Gasteiger partial charge in [-0.05, 0) is 48.7 Å². The lowest BCUT2D eigenvalue weighted by molar-refractivity contribution is -0.151. The van der Waals surface area contributed by atoms with Crippen molar-refractivity contribution in [2.24, 2.45) is 5.92 Å². The number of hydrogen-bond acceptors (Lipinski definition) is 7. The minimum Gasteiger partial charge on any atom is -0.462 e. The molecule has 1 N–H and O–H groups in total. The van der Waals surface area contributed by atoms with E-state index in [-0.39, 0.29) is 23.5 Å². The van der Waals surface area contributed by atoms with Gasteiger partial charge in [0.05, 0.1) is 23.3 Å². The number of nitrogens with one attached hydrogen (secondary N) is 1. The number of anilines is 1. The summed E-state index contributed by atoms with van der Waals surface area (Å²) < 4.78 is 10.4. The zero-order valence-electron chi connectivity index (χ0n) is 20.6. The molecule has 9 nitrogen and oxygen atoms in total. The smallest absolute Gasteiger partial charge is 0.338 e. The van der Waals surface area contributed by atoms with E-state index in [4.69, 9.17) is 9.47 Å². The zero-order chi connectivity index (χ0) is 26.2. The highest BCUT2D eigenvalue weighted by Crippen LogP contribution is 2.27. The highest BCUT2D eigenvalue weighted by Gasteiger charge is 2.43. The third kappa shape index (κ3) is 6.35. The molecule has 2 aromatic rings. The first-order chi connectivity index (χ1) is 17.2. The van der Waals surface area contributed by atoms with Crippen molar-refractivity contribution in [2.75, 3.05) is 18.5 Å². The molecule has 0 aliphatic carbocycles. The summed E-state index contributed by atoms with van der Waals surface area (Å²) in [7, 11) is 0. The van der Waals surface area contributed by atoms with Crippen LogP contribution in [0.3, 0.4) is 0 Å². The highest BCUT2D eigenvalue weighted by molar-refractivity contribution is 6.22. The molecule has 3 amide bonds. The molecule has 36 heavy (non-hydrogen) atoms. The van der Waals surface area contributed by atoms with E-state index in [0.29, 0.717) is 24.3 Å². The lowest BCUT2D eigenvalue weighted by atomic mass is 10.1. The van der Waals surface area contributed by atoms with Crippen LogP contribution in [0.25, 0.3) is 0 Å². The number of unbranched alkanes of at least 4 members (excludes halogenated alkanes) is 1. The number of fused-ring (bicyclic) bond motifs is 1. The van der Waals surface area contributed by atoms with Crippen molar-refractivity contribution in [3.63, 3.8) is 0 Å². The Kier molecular flexibility index (Phi) is 8.94. The second kappa shape index (κ2) is 12.1. The molecule has 0 radical (unpaired) electrons. The average molecular weight is 495 g/mol. The molecular formula is C27H30N2O7. The highest BCUT2D eigenvalue weighted by atomic mass is 16.5. The van der Waals surface area contributed by atoms with Gasteiger partial charge in [0, 0.05) is 5.69 Å².